The molecule has 0 aliphatic carbocycles. The van der Waals surface area contributed by atoms with Gasteiger partial charge < -0.3 is 4.90 Å². The summed E-state index contributed by atoms with van der Waals surface area (Å²) in [5, 5.41) is 0.691. The maximum absolute atomic E-state index is 11.7. The van der Waals surface area contributed by atoms with E-state index in [1.165, 1.54) is 22.3 Å². The van der Waals surface area contributed by atoms with Crippen molar-refractivity contribution >= 4 is 35.5 Å². The second-order valence-electron chi connectivity index (χ2n) is 5.98. The van der Waals surface area contributed by atoms with Gasteiger partial charge in [0.1, 0.15) is 0 Å². The number of carbonyl (C=O) groups is 1. The largest absolute Gasteiger partial charge is 0.309 e. The van der Waals surface area contributed by atoms with Gasteiger partial charge in [0.05, 0.1) is 12.2 Å². The van der Waals surface area contributed by atoms with E-state index in [1.807, 2.05) is 36.4 Å². The molecule has 0 bridgehead atoms. The third-order valence-corrected chi connectivity index (χ3v) is 5.72. The molecule has 3 aromatic carbocycles. The molecule has 0 radical (unpaired) electrons. The van der Waals surface area contributed by atoms with Crippen molar-refractivity contribution in [1.82, 2.24) is 0 Å². The van der Waals surface area contributed by atoms with Gasteiger partial charge in [0.15, 0.2) is 0 Å². The van der Waals surface area contributed by atoms with E-state index in [-0.39, 0.29) is 0 Å². The Kier molecular flexibility index (Phi) is 4.51. The summed E-state index contributed by atoms with van der Waals surface area (Å²) in [6.45, 7) is 0.573. The number of hydrogen-bond acceptors (Lipinski definition) is 2. The van der Waals surface area contributed by atoms with Crippen LogP contribution in [0.2, 0.25) is 5.02 Å². The number of carbonyl (C=O) groups excluding carboxylic acids is 1. The Morgan fingerprint density at radius 1 is 0.920 bits per heavy atom. The Bertz CT molecular complexity index is 926. The Morgan fingerprint density at radius 2 is 1.76 bits per heavy atom. The third-order valence-electron chi connectivity index (χ3n) is 4.40. The lowest BCUT2D eigenvalue weighted by molar-refractivity contribution is -0.107. The predicted molar refractivity (Wildman–Crippen MR) is 105 cm³/mol. The number of fused-ring (bicyclic) bond motifs is 2. The van der Waals surface area contributed by atoms with E-state index in [2.05, 4.69) is 30.3 Å². The molecule has 0 spiro atoms. The highest BCUT2D eigenvalue weighted by atomic mass is 35.5. The minimum Gasteiger partial charge on any atom is -0.309 e. The maximum atomic E-state index is 11.7. The van der Waals surface area contributed by atoms with Gasteiger partial charge in [0.2, 0.25) is 6.41 Å². The Balaban J connectivity index is 1.75. The molecule has 1 heterocycles. The monoisotopic (exact) mass is 365 g/mol. The van der Waals surface area contributed by atoms with Gasteiger partial charge in [-0.25, -0.2) is 0 Å². The fraction of sp³-hybridized carbons (Fsp3) is 0.0952. The summed E-state index contributed by atoms with van der Waals surface area (Å²) >= 11 is 7.86. The fourth-order valence-electron chi connectivity index (χ4n) is 3.08. The third kappa shape index (κ3) is 3.30. The molecular formula is C21H16ClNOS. The summed E-state index contributed by atoms with van der Waals surface area (Å²) in [5.74, 6) is 0.857. The molecule has 25 heavy (non-hydrogen) atoms. The van der Waals surface area contributed by atoms with Gasteiger partial charge in [-0.05, 0) is 46.5 Å². The molecule has 0 saturated heterocycles. The molecule has 1 aliphatic rings. The summed E-state index contributed by atoms with van der Waals surface area (Å²) in [5.41, 5.74) is 5.75. The normalized spacial score (nSPS) is 13.4. The number of thioether (sulfide) groups is 1. The van der Waals surface area contributed by atoms with E-state index in [0.717, 1.165) is 22.7 Å². The molecule has 1 aliphatic heterocycles. The van der Waals surface area contributed by atoms with Crippen molar-refractivity contribution in [2.45, 2.75) is 17.2 Å². The lowest BCUT2D eigenvalue weighted by Gasteiger charge is -2.25. The number of nitrogens with zero attached hydrogens (tertiary/aromatic N) is 1. The van der Waals surface area contributed by atoms with Gasteiger partial charge in [0.25, 0.3) is 0 Å². The number of hydrogen-bond donors (Lipinski definition) is 0. The average Bonchev–Trinajstić information content (AvgIpc) is 2.64. The van der Waals surface area contributed by atoms with E-state index in [1.54, 1.807) is 16.7 Å². The first kappa shape index (κ1) is 16.2. The molecule has 2 nitrogen and oxygen atoms in total. The second kappa shape index (κ2) is 6.95. The zero-order valence-corrected chi connectivity index (χ0v) is 15.1. The highest BCUT2D eigenvalue weighted by Crippen LogP contribution is 2.38. The zero-order chi connectivity index (χ0) is 17.2. The van der Waals surface area contributed by atoms with Crippen LogP contribution in [0.1, 0.15) is 11.1 Å². The predicted octanol–water partition coefficient (Wildman–Crippen LogP) is 5.78. The fourth-order valence-corrected chi connectivity index (χ4v) is 4.44. The molecule has 1 amide bonds. The molecule has 124 valence electrons. The van der Waals surface area contributed by atoms with Crippen molar-refractivity contribution in [3.8, 4) is 11.1 Å². The van der Waals surface area contributed by atoms with E-state index in [9.17, 15) is 4.79 Å². The smallest absolute Gasteiger partial charge is 0.214 e. The molecule has 0 unspecified atom stereocenters. The summed E-state index contributed by atoms with van der Waals surface area (Å²) in [7, 11) is 0. The first-order chi connectivity index (χ1) is 12.2. The van der Waals surface area contributed by atoms with Crippen LogP contribution < -0.4 is 4.90 Å². The summed E-state index contributed by atoms with van der Waals surface area (Å²) in [4.78, 5) is 14.4. The lowest BCUT2D eigenvalue weighted by atomic mass is 9.99. The molecular weight excluding hydrogens is 350 g/mol. The van der Waals surface area contributed by atoms with Crippen molar-refractivity contribution < 1.29 is 4.79 Å². The number of halogens is 1. The van der Waals surface area contributed by atoms with E-state index in [0.29, 0.717) is 11.6 Å². The van der Waals surface area contributed by atoms with Crippen LogP contribution >= 0.6 is 23.4 Å². The highest BCUT2D eigenvalue weighted by Gasteiger charge is 2.18. The molecule has 4 heteroatoms. The average molecular weight is 366 g/mol. The standard InChI is InChI=1S/C21H16ClNOS/c22-19-8-9-20-21(11-19)25-13-18-10-16(15-4-2-1-3-5-15)6-7-17(18)12-23(20)14-24/h1-11,14H,12-13H2. The Morgan fingerprint density at radius 3 is 2.56 bits per heavy atom. The molecule has 3 aromatic rings. The minimum atomic E-state index is 0.573. The first-order valence-corrected chi connectivity index (χ1v) is 9.42. The summed E-state index contributed by atoms with van der Waals surface area (Å²) in [6, 6.07) is 22.5. The van der Waals surface area contributed by atoms with Gasteiger partial charge in [-0.3, -0.25) is 4.79 Å². The molecule has 4 rings (SSSR count). The van der Waals surface area contributed by atoms with Crippen LogP contribution in [0.25, 0.3) is 11.1 Å². The van der Waals surface area contributed by atoms with Crippen LogP contribution in [0, 0.1) is 0 Å². The van der Waals surface area contributed by atoms with Crippen molar-refractivity contribution in [2.24, 2.45) is 0 Å². The molecule has 0 aromatic heterocycles. The van der Waals surface area contributed by atoms with Gasteiger partial charge in [-0.15, -0.1) is 11.8 Å². The number of anilines is 1. The van der Waals surface area contributed by atoms with Gasteiger partial charge >= 0.3 is 0 Å². The summed E-state index contributed by atoms with van der Waals surface area (Å²) < 4.78 is 0. The molecule has 0 saturated carbocycles. The van der Waals surface area contributed by atoms with E-state index >= 15 is 0 Å². The van der Waals surface area contributed by atoms with Crippen molar-refractivity contribution in [2.75, 3.05) is 4.90 Å². The van der Waals surface area contributed by atoms with Crippen LogP contribution in [0.3, 0.4) is 0 Å². The van der Waals surface area contributed by atoms with Gasteiger partial charge in [-0.1, -0.05) is 54.1 Å². The molecule has 0 N–H and O–H groups in total. The van der Waals surface area contributed by atoms with Crippen molar-refractivity contribution in [3.63, 3.8) is 0 Å². The van der Waals surface area contributed by atoms with Gasteiger partial charge in [-0.2, -0.15) is 0 Å². The van der Waals surface area contributed by atoms with Crippen molar-refractivity contribution in [1.29, 1.82) is 0 Å². The second-order valence-corrected chi connectivity index (χ2v) is 7.44. The number of amides is 1. The van der Waals surface area contributed by atoms with Crippen LogP contribution in [-0.4, -0.2) is 6.41 Å². The quantitative estimate of drug-likeness (QED) is 0.537. The summed E-state index contributed by atoms with van der Waals surface area (Å²) in [6.07, 6.45) is 0.896. The first-order valence-electron chi connectivity index (χ1n) is 8.06. The van der Waals surface area contributed by atoms with Crippen LogP contribution in [-0.2, 0) is 17.1 Å². The van der Waals surface area contributed by atoms with Crippen LogP contribution in [0.5, 0.6) is 0 Å². The minimum absolute atomic E-state index is 0.573. The molecule has 0 fully saturated rings. The number of benzene rings is 3. The van der Waals surface area contributed by atoms with E-state index in [4.69, 9.17) is 11.6 Å². The van der Waals surface area contributed by atoms with Crippen molar-refractivity contribution in [3.05, 3.63) is 82.9 Å². The maximum Gasteiger partial charge on any atom is 0.214 e. The van der Waals surface area contributed by atoms with Crippen LogP contribution in [0.15, 0.2) is 71.6 Å². The topological polar surface area (TPSA) is 20.3 Å². The lowest BCUT2D eigenvalue weighted by Crippen LogP contribution is -2.22. The Hall–Kier alpha value is -2.23. The van der Waals surface area contributed by atoms with Gasteiger partial charge in [0, 0.05) is 15.7 Å². The zero-order valence-electron chi connectivity index (χ0n) is 13.5. The Labute approximate surface area is 156 Å². The van der Waals surface area contributed by atoms with E-state index < -0.39 is 0 Å². The van der Waals surface area contributed by atoms with Crippen LogP contribution in [0.4, 0.5) is 5.69 Å². The highest BCUT2D eigenvalue weighted by molar-refractivity contribution is 7.98. The SMILES string of the molecule is O=CN1Cc2ccc(-c3ccccc3)cc2CSc2cc(Cl)ccc21. The number of rotatable bonds is 2. The molecule has 0 atom stereocenters.